The maximum Gasteiger partial charge on any atom is 0.315 e. The first-order valence-electron chi connectivity index (χ1n) is 7.79. The van der Waals surface area contributed by atoms with Crippen LogP contribution in [0.25, 0.3) is 0 Å². The van der Waals surface area contributed by atoms with Gasteiger partial charge in [0.2, 0.25) is 5.88 Å². The molecule has 2 amide bonds. The smallest absolute Gasteiger partial charge is 0.315 e. The second-order valence-corrected chi connectivity index (χ2v) is 6.21. The van der Waals surface area contributed by atoms with E-state index in [1.54, 1.807) is 13.3 Å². The number of nitrogens with zero attached hydrogens (tertiary/aromatic N) is 1. The van der Waals surface area contributed by atoms with Gasteiger partial charge in [0.1, 0.15) is 0 Å². The Morgan fingerprint density at radius 1 is 1.25 bits per heavy atom. The van der Waals surface area contributed by atoms with Crippen molar-refractivity contribution < 1.29 is 9.53 Å². The average molecular weight is 348 g/mol. The molecule has 24 heavy (non-hydrogen) atoms. The molecule has 0 spiro atoms. The average Bonchev–Trinajstić information content (AvgIpc) is 2.58. The normalized spacial score (nSPS) is 11.9. The van der Waals surface area contributed by atoms with Crippen molar-refractivity contribution in [3.8, 4) is 5.88 Å². The van der Waals surface area contributed by atoms with Crippen molar-refractivity contribution in [2.45, 2.75) is 26.4 Å². The van der Waals surface area contributed by atoms with Gasteiger partial charge in [-0.25, -0.2) is 9.78 Å². The largest absolute Gasteiger partial charge is 0.481 e. The summed E-state index contributed by atoms with van der Waals surface area (Å²) in [5.41, 5.74) is 1.84. The predicted octanol–water partition coefficient (Wildman–Crippen LogP) is 3.94. The Labute approximate surface area is 147 Å². The van der Waals surface area contributed by atoms with Gasteiger partial charge in [-0.15, -0.1) is 0 Å². The third-order valence-corrected chi connectivity index (χ3v) is 3.92. The molecule has 6 heteroatoms. The lowest BCUT2D eigenvalue weighted by molar-refractivity contribution is 0.232. The molecule has 2 N–H and O–H groups in total. The maximum atomic E-state index is 12.3. The molecule has 2 rings (SSSR count). The monoisotopic (exact) mass is 347 g/mol. The molecule has 0 aliphatic heterocycles. The standard InChI is InChI=1S/C18H22ClN3O2/c1-12(2)16(13-6-8-15(19)9-7-13)22-18(23)21-11-14-5-4-10-20-17(14)24-3/h4-10,12,16H,11H2,1-3H3,(H2,21,22,23). The number of benzene rings is 1. The SMILES string of the molecule is COc1ncccc1CNC(=O)NC(c1ccc(Cl)cc1)C(C)C. The number of rotatable bonds is 6. The number of ether oxygens (including phenoxy) is 1. The Hall–Kier alpha value is -2.27. The van der Waals surface area contributed by atoms with Crippen LogP contribution in [0.15, 0.2) is 42.6 Å². The maximum absolute atomic E-state index is 12.3. The molecular weight excluding hydrogens is 326 g/mol. The van der Waals surface area contributed by atoms with Crippen molar-refractivity contribution in [1.82, 2.24) is 15.6 Å². The Morgan fingerprint density at radius 3 is 2.58 bits per heavy atom. The van der Waals surface area contributed by atoms with Crippen LogP contribution in [0, 0.1) is 5.92 Å². The first kappa shape index (κ1) is 18.1. The van der Waals surface area contributed by atoms with Gasteiger partial charge in [0.05, 0.1) is 13.2 Å². The van der Waals surface area contributed by atoms with Gasteiger partial charge >= 0.3 is 6.03 Å². The van der Waals surface area contributed by atoms with Gasteiger partial charge in [0, 0.05) is 23.3 Å². The minimum Gasteiger partial charge on any atom is -0.481 e. The van der Waals surface area contributed by atoms with Crippen LogP contribution in [0.5, 0.6) is 5.88 Å². The quantitative estimate of drug-likeness (QED) is 0.831. The fourth-order valence-electron chi connectivity index (χ4n) is 2.42. The number of halogens is 1. The molecule has 0 bridgehead atoms. The molecule has 0 saturated carbocycles. The molecule has 1 atom stereocenters. The van der Waals surface area contributed by atoms with Crippen molar-refractivity contribution in [2.24, 2.45) is 5.92 Å². The van der Waals surface area contributed by atoms with E-state index in [0.717, 1.165) is 11.1 Å². The Bertz CT molecular complexity index is 674. The van der Waals surface area contributed by atoms with Crippen molar-refractivity contribution >= 4 is 17.6 Å². The zero-order valence-corrected chi connectivity index (χ0v) is 14.8. The molecule has 2 aromatic rings. The van der Waals surface area contributed by atoms with Crippen LogP contribution >= 0.6 is 11.6 Å². The van der Waals surface area contributed by atoms with Crippen LogP contribution in [0.3, 0.4) is 0 Å². The van der Waals surface area contributed by atoms with E-state index in [4.69, 9.17) is 16.3 Å². The van der Waals surface area contributed by atoms with Gasteiger partial charge in [-0.2, -0.15) is 0 Å². The number of carbonyl (C=O) groups is 1. The number of aromatic nitrogens is 1. The number of hydrogen-bond acceptors (Lipinski definition) is 3. The summed E-state index contributed by atoms with van der Waals surface area (Å²) in [5.74, 6) is 0.751. The lowest BCUT2D eigenvalue weighted by atomic mass is 9.96. The molecule has 0 radical (unpaired) electrons. The summed E-state index contributed by atoms with van der Waals surface area (Å²) in [6, 6.07) is 10.8. The van der Waals surface area contributed by atoms with Crippen LogP contribution in [-0.2, 0) is 6.54 Å². The Balaban J connectivity index is 1.99. The minimum atomic E-state index is -0.241. The summed E-state index contributed by atoms with van der Waals surface area (Å²) in [6.45, 7) is 4.46. The van der Waals surface area contributed by atoms with Gasteiger partial charge < -0.3 is 15.4 Å². The Morgan fingerprint density at radius 2 is 1.96 bits per heavy atom. The van der Waals surface area contributed by atoms with Crippen LogP contribution in [-0.4, -0.2) is 18.1 Å². The summed E-state index contributed by atoms with van der Waals surface area (Å²) in [4.78, 5) is 16.4. The number of amides is 2. The number of urea groups is 1. The van der Waals surface area contributed by atoms with Crippen molar-refractivity contribution in [1.29, 1.82) is 0 Å². The summed E-state index contributed by atoms with van der Waals surface area (Å²) in [6.07, 6.45) is 1.65. The topological polar surface area (TPSA) is 63.2 Å². The highest BCUT2D eigenvalue weighted by molar-refractivity contribution is 6.30. The van der Waals surface area contributed by atoms with E-state index in [9.17, 15) is 4.79 Å². The summed E-state index contributed by atoms with van der Waals surface area (Å²) >= 11 is 5.93. The van der Waals surface area contributed by atoms with E-state index < -0.39 is 0 Å². The predicted molar refractivity (Wildman–Crippen MR) is 95.2 cm³/mol. The molecular formula is C18H22ClN3O2. The second-order valence-electron chi connectivity index (χ2n) is 5.77. The molecule has 1 unspecified atom stereocenters. The number of hydrogen-bond donors (Lipinski definition) is 2. The van der Waals surface area contributed by atoms with Gasteiger partial charge in [0.15, 0.2) is 0 Å². The lowest BCUT2D eigenvalue weighted by Gasteiger charge is -2.23. The van der Waals surface area contributed by atoms with Crippen LogP contribution in [0.4, 0.5) is 4.79 Å². The highest BCUT2D eigenvalue weighted by Gasteiger charge is 2.18. The zero-order chi connectivity index (χ0) is 17.5. The first-order valence-corrected chi connectivity index (χ1v) is 8.16. The molecule has 128 valence electrons. The summed E-state index contributed by atoms with van der Waals surface area (Å²) in [7, 11) is 1.56. The minimum absolute atomic E-state index is 0.0990. The van der Waals surface area contributed by atoms with Gasteiger partial charge in [0.25, 0.3) is 0 Å². The number of nitrogens with one attached hydrogen (secondary N) is 2. The first-order chi connectivity index (χ1) is 11.5. The zero-order valence-electron chi connectivity index (χ0n) is 14.0. The molecule has 0 fully saturated rings. The fraction of sp³-hybridized carbons (Fsp3) is 0.333. The number of pyridine rings is 1. The molecule has 0 aliphatic carbocycles. The van der Waals surface area contributed by atoms with Crippen LogP contribution < -0.4 is 15.4 Å². The molecule has 1 heterocycles. The van der Waals surface area contributed by atoms with E-state index in [-0.39, 0.29) is 18.0 Å². The van der Waals surface area contributed by atoms with E-state index in [1.165, 1.54) is 0 Å². The second kappa shape index (κ2) is 8.55. The number of methoxy groups -OCH3 is 1. The molecule has 5 nitrogen and oxygen atoms in total. The van der Waals surface area contributed by atoms with E-state index in [1.807, 2.05) is 36.4 Å². The van der Waals surface area contributed by atoms with Gasteiger partial charge in [-0.1, -0.05) is 43.6 Å². The molecule has 0 aliphatic rings. The van der Waals surface area contributed by atoms with Crippen LogP contribution in [0.1, 0.15) is 31.0 Å². The third-order valence-electron chi connectivity index (χ3n) is 3.67. The van der Waals surface area contributed by atoms with E-state index in [2.05, 4.69) is 29.5 Å². The van der Waals surface area contributed by atoms with Crippen molar-refractivity contribution in [3.05, 3.63) is 58.7 Å². The Kier molecular flexibility index (Phi) is 6.44. The van der Waals surface area contributed by atoms with Gasteiger partial charge in [-0.05, 0) is 29.7 Å². The highest BCUT2D eigenvalue weighted by atomic mass is 35.5. The summed E-state index contributed by atoms with van der Waals surface area (Å²) in [5, 5.41) is 6.52. The van der Waals surface area contributed by atoms with Gasteiger partial charge in [-0.3, -0.25) is 0 Å². The van der Waals surface area contributed by atoms with Crippen molar-refractivity contribution in [2.75, 3.05) is 7.11 Å². The third kappa shape index (κ3) is 4.86. The molecule has 1 aromatic carbocycles. The molecule has 1 aromatic heterocycles. The molecule has 0 saturated heterocycles. The summed E-state index contributed by atoms with van der Waals surface area (Å²) < 4.78 is 5.18. The highest BCUT2D eigenvalue weighted by Crippen LogP contribution is 2.23. The van der Waals surface area contributed by atoms with Crippen LogP contribution in [0.2, 0.25) is 5.02 Å². The van der Waals surface area contributed by atoms with E-state index in [0.29, 0.717) is 17.4 Å². The fourth-order valence-corrected chi connectivity index (χ4v) is 2.54. The van der Waals surface area contributed by atoms with E-state index >= 15 is 0 Å². The van der Waals surface area contributed by atoms with Crippen molar-refractivity contribution in [3.63, 3.8) is 0 Å². The number of carbonyl (C=O) groups excluding carboxylic acids is 1. The lowest BCUT2D eigenvalue weighted by Crippen LogP contribution is -2.39.